The molecule has 0 fully saturated rings. The van der Waals surface area contributed by atoms with Crippen LogP contribution in [-0.4, -0.2) is 44.4 Å². The standard InChI is InChI=1S/C20H21NO6/c1-25-14-5-7-17-13(10-14)4-3-9-21(17)19(23)12-27-20(24)16-11-15(26-2)6-8-18(16)22/h5-8,10-11,22H,3-4,9,12H2,1-2H3. The van der Waals surface area contributed by atoms with Gasteiger partial charge in [-0.15, -0.1) is 0 Å². The molecule has 0 bridgehead atoms. The van der Waals surface area contributed by atoms with Crippen LogP contribution in [0.4, 0.5) is 5.69 Å². The molecule has 7 heteroatoms. The second-order valence-electron chi connectivity index (χ2n) is 6.10. The van der Waals surface area contributed by atoms with Crippen molar-refractivity contribution in [3.8, 4) is 17.2 Å². The van der Waals surface area contributed by atoms with Crippen LogP contribution in [-0.2, 0) is 16.0 Å². The number of benzene rings is 2. The van der Waals surface area contributed by atoms with E-state index < -0.39 is 12.6 Å². The highest BCUT2D eigenvalue weighted by molar-refractivity contribution is 5.98. The number of nitrogens with zero attached hydrogens (tertiary/aromatic N) is 1. The lowest BCUT2D eigenvalue weighted by Gasteiger charge is -2.29. The van der Waals surface area contributed by atoms with Gasteiger partial charge in [-0.3, -0.25) is 4.79 Å². The Balaban J connectivity index is 1.69. The van der Waals surface area contributed by atoms with Crippen LogP contribution in [0.3, 0.4) is 0 Å². The highest BCUT2D eigenvalue weighted by Crippen LogP contribution is 2.30. The fraction of sp³-hybridized carbons (Fsp3) is 0.300. The maximum atomic E-state index is 12.6. The molecule has 0 aliphatic carbocycles. The molecule has 1 aliphatic heterocycles. The summed E-state index contributed by atoms with van der Waals surface area (Å²) in [5.41, 5.74) is 1.77. The predicted molar refractivity (Wildman–Crippen MR) is 98.6 cm³/mol. The van der Waals surface area contributed by atoms with Gasteiger partial charge in [-0.05, 0) is 54.8 Å². The molecule has 0 saturated heterocycles. The minimum atomic E-state index is -0.785. The number of phenolic OH excluding ortho intramolecular Hbond substituents is 1. The summed E-state index contributed by atoms with van der Waals surface area (Å²) in [6.07, 6.45) is 1.67. The van der Waals surface area contributed by atoms with E-state index in [9.17, 15) is 14.7 Å². The molecule has 1 heterocycles. The number of anilines is 1. The molecule has 2 aromatic rings. The summed E-state index contributed by atoms with van der Waals surface area (Å²) in [5, 5.41) is 9.83. The van der Waals surface area contributed by atoms with Crippen molar-refractivity contribution in [1.82, 2.24) is 0 Å². The molecule has 3 rings (SSSR count). The van der Waals surface area contributed by atoms with Crippen LogP contribution in [0.5, 0.6) is 17.2 Å². The summed E-state index contributed by atoms with van der Waals surface area (Å²) in [6.45, 7) is 0.140. The van der Waals surface area contributed by atoms with Crippen molar-refractivity contribution in [2.24, 2.45) is 0 Å². The number of aromatic hydroxyl groups is 1. The SMILES string of the molecule is COc1ccc2c(c1)CCCN2C(=O)COC(=O)c1cc(OC)ccc1O. The zero-order valence-electron chi connectivity index (χ0n) is 15.2. The van der Waals surface area contributed by atoms with E-state index in [1.165, 1.54) is 25.3 Å². The Hall–Kier alpha value is -3.22. The van der Waals surface area contributed by atoms with Gasteiger partial charge in [-0.2, -0.15) is 0 Å². The maximum absolute atomic E-state index is 12.6. The number of ether oxygens (including phenoxy) is 3. The Bertz CT molecular complexity index is 864. The van der Waals surface area contributed by atoms with Crippen LogP contribution in [0.2, 0.25) is 0 Å². The summed E-state index contributed by atoms with van der Waals surface area (Å²) in [5.74, 6) is -0.194. The number of carbonyl (C=O) groups excluding carboxylic acids is 2. The zero-order chi connectivity index (χ0) is 19.4. The van der Waals surface area contributed by atoms with E-state index in [0.717, 1.165) is 29.8 Å². The van der Waals surface area contributed by atoms with Gasteiger partial charge in [0.25, 0.3) is 5.91 Å². The summed E-state index contributed by atoms with van der Waals surface area (Å²) in [7, 11) is 3.05. The van der Waals surface area contributed by atoms with Gasteiger partial charge >= 0.3 is 5.97 Å². The lowest BCUT2D eigenvalue weighted by atomic mass is 10.0. The summed E-state index contributed by atoms with van der Waals surface area (Å²) in [4.78, 5) is 26.4. The second-order valence-corrected chi connectivity index (χ2v) is 6.10. The lowest BCUT2D eigenvalue weighted by Crippen LogP contribution is -2.38. The van der Waals surface area contributed by atoms with Crippen molar-refractivity contribution in [2.75, 3.05) is 32.3 Å². The lowest BCUT2D eigenvalue weighted by molar-refractivity contribution is -0.121. The highest BCUT2D eigenvalue weighted by atomic mass is 16.5. The van der Waals surface area contributed by atoms with Crippen LogP contribution >= 0.6 is 0 Å². The van der Waals surface area contributed by atoms with Crippen LogP contribution in [0.15, 0.2) is 36.4 Å². The van der Waals surface area contributed by atoms with Gasteiger partial charge < -0.3 is 24.2 Å². The third kappa shape index (κ3) is 3.97. The molecule has 2 aromatic carbocycles. The Morgan fingerprint density at radius 3 is 2.52 bits per heavy atom. The average molecular weight is 371 g/mol. The van der Waals surface area contributed by atoms with E-state index in [1.54, 1.807) is 18.1 Å². The monoisotopic (exact) mass is 371 g/mol. The number of rotatable bonds is 5. The van der Waals surface area contributed by atoms with Gasteiger partial charge in [0, 0.05) is 12.2 Å². The van der Waals surface area contributed by atoms with Crippen LogP contribution in [0, 0.1) is 0 Å². The second kappa shape index (κ2) is 7.99. The van der Waals surface area contributed by atoms with Crippen molar-refractivity contribution in [2.45, 2.75) is 12.8 Å². The topological polar surface area (TPSA) is 85.3 Å². The normalized spacial score (nSPS) is 12.9. The van der Waals surface area contributed by atoms with Crippen molar-refractivity contribution in [1.29, 1.82) is 0 Å². The molecule has 0 spiro atoms. The Morgan fingerprint density at radius 1 is 1.07 bits per heavy atom. The Morgan fingerprint density at radius 2 is 1.78 bits per heavy atom. The van der Waals surface area contributed by atoms with Crippen LogP contribution in [0.25, 0.3) is 0 Å². The number of carbonyl (C=O) groups is 2. The third-order valence-corrected chi connectivity index (χ3v) is 4.46. The molecule has 1 aliphatic rings. The van der Waals surface area contributed by atoms with Crippen LogP contribution in [0.1, 0.15) is 22.3 Å². The predicted octanol–water partition coefficient (Wildman–Crippen LogP) is 2.55. The van der Waals surface area contributed by atoms with E-state index in [4.69, 9.17) is 14.2 Å². The maximum Gasteiger partial charge on any atom is 0.342 e. The van der Waals surface area contributed by atoms with Gasteiger partial charge in [0.15, 0.2) is 6.61 Å². The fourth-order valence-electron chi connectivity index (χ4n) is 3.05. The molecule has 0 radical (unpaired) electrons. The molecule has 1 amide bonds. The van der Waals surface area contributed by atoms with E-state index in [1.807, 2.05) is 12.1 Å². The molecular weight excluding hydrogens is 350 g/mol. The molecule has 0 atom stereocenters. The third-order valence-electron chi connectivity index (χ3n) is 4.46. The van der Waals surface area contributed by atoms with Crippen molar-refractivity contribution >= 4 is 17.6 Å². The first-order valence-electron chi connectivity index (χ1n) is 8.55. The molecule has 27 heavy (non-hydrogen) atoms. The largest absolute Gasteiger partial charge is 0.507 e. The summed E-state index contributed by atoms with van der Waals surface area (Å²) < 4.78 is 15.4. The van der Waals surface area contributed by atoms with Gasteiger partial charge in [0.05, 0.1) is 14.2 Å². The molecule has 0 saturated carbocycles. The number of amides is 1. The minimum Gasteiger partial charge on any atom is -0.507 e. The summed E-state index contributed by atoms with van der Waals surface area (Å²) >= 11 is 0. The number of hydrogen-bond acceptors (Lipinski definition) is 6. The smallest absolute Gasteiger partial charge is 0.342 e. The number of fused-ring (bicyclic) bond motifs is 1. The van der Waals surface area contributed by atoms with Gasteiger partial charge in [-0.25, -0.2) is 4.79 Å². The minimum absolute atomic E-state index is 0.0501. The Labute approximate surface area is 157 Å². The molecule has 0 unspecified atom stereocenters. The van der Waals surface area contributed by atoms with Crippen molar-refractivity contribution in [3.63, 3.8) is 0 Å². The average Bonchev–Trinajstić information content (AvgIpc) is 2.71. The first-order chi connectivity index (χ1) is 13.0. The van der Waals surface area contributed by atoms with Gasteiger partial charge in [-0.1, -0.05) is 0 Å². The molecule has 0 aromatic heterocycles. The van der Waals surface area contributed by atoms with E-state index in [0.29, 0.717) is 12.3 Å². The van der Waals surface area contributed by atoms with Crippen molar-refractivity contribution in [3.05, 3.63) is 47.5 Å². The molecule has 1 N–H and O–H groups in total. The number of esters is 1. The number of phenols is 1. The zero-order valence-corrected chi connectivity index (χ0v) is 15.2. The van der Waals surface area contributed by atoms with Crippen molar-refractivity contribution < 1.29 is 28.9 Å². The summed E-state index contributed by atoms with van der Waals surface area (Å²) in [6, 6.07) is 9.77. The fourth-order valence-corrected chi connectivity index (χ4v) is 3.05. The highest BCUT2D eigenvalue weighted by Gasteiger charge is 2.24. The van der Waals surface area contributed by atoms with Gasteiger partial charge in [0.2, 0.25) is 0 Å². The first kappa shape index (κ1) is 18.6. The number of methoxy groups -OCH3 is 2. The quantitative estimate of drug-likeness (QED) is 0.813. The van der Waals surface area contributed by atoms with E-state index >= 15 is 0 Å². The first-order valence-corrected chi connectivity index (χ1v) is 8.55. The number of aryl methyl sites for hydroxylation is 1. The van der Waals surface area contributed by atoms with E-state index in [-0.39, 0.29) is 17.2 Å². The molecule has 7 nitrogen and oxygen atoms in total. The van der Waals surface area contributed by atoms with E-state index in [2.05, 4.69) is 0 Å². The molecular formula is C20H21NO6. The Kier molecular flexibility index (Phi) is 5.49. The van der Waals surface area contributed by atoms with Gasteiger partial charge in [0.1, 0.15) is 22.8 Å². The molecule has 142 valence electrons. The van der Waals surface area contributed by atoms with Crippen LogP contribution < -0.4 is 14.4 Å². The number of hydrogen-bond donors (Lipinski definition) is 1.